The lowest BCUT2D eigenvalue weighted by atomic mass is 9.92. The predicted octanol–water partition coefficient (Wildman–Crippen LogP) is 0.140. The van der Waals surface area contributed by atoms with Crippen molar-refractivity contribution in [2.75, 3.05) is 50.8 Å². The molecule has 3 saturated heterocycles. The van der Waals surface area contributed by atoms with Gasteiger partial charge in [0.1, 0.15) is 12.1 Å². The van der Waals surface area contributed by atoms with Crippen LogP contribution in [-0.4, -0.2) is 72.8 Å². The maximum atomic E-state index is 12.6. The Labute approximate surface area is 142 Å². The molecule has 0 aromatic carbocycles. The lowest BCUT2D eigenvalue weighted by Gasteiger charge is -2.20. The van der Waals surface area contributed by atoms with Crippen molar-refractivity contribution in [3.63, 3.8) is 0 Å². The number of carbonyl (C=O) groups is 1. The fourth-order valence-corrected chi connectivity index (χ4v) is 4.12. The molecule has 4 heterocycles. The molecule has 0 spiro atoms. The number of likely N-dealkylation sites (tertiary alicyclic amines) is 1. The zero-order valence-electron chi connectivity index (χ0n) is 13.9. The van der Waals surface area contributed by atoms with Crippen LogP contribution in [0.25, 0.3) is 0 Å². The van der Waals surface area contributed by atoms with Crippen LogP contribution in [-0.2, 0) is 9.53 Å². The molecule has 1 aromatic heterocycles. The van der Waals surface area contributed by atoms with E-state index in [2.05, 4.69) is 25.1 Å². The summed E-state index contributed by atoms with van der Waals surface area (Å²) in [5.41, 5.74) is 0. The summed E-state index contributed by atoms with van der Waals surface area (Å²) >= 11 is 0. The number of nitrogens with zero attached hydrogens (tertiary/aromatic N) is 4. The molecule has 1 amide bonds. The van der Waals surface area contributed by atoms with Gasteiger partial charge in [-0.25, -0.2) is 9.97 Å². The van der Waals surface area contributed by atoms with Gasteiger partial charge in [-0.05, 0) is 32.0 Å². The van der Waals surface area contributed by atoms with Crippen molar-refractivity contribution in [1.29, 1.82) is 0 Å². The maximum absolute atomic E-state index is 12.6. The van der Waals surface area contributed by atoms with Gasteiger partial charge in [-0.2, -0.15) is 0 Å². The molecule has 4 rings (SSSR count). The van der Waals surface area contributed by atoms with Crippen LogP contribution in [0.3, 0.4) is 0 Å². The maximum Gasteiger partial charge on any atom is 0.225 e. The zero-order valence-corrected chi connectivity index (χ0v) is 13.9. The van der Waals surface area contributed by atoms with Crippen LogP contribution in [0.1, 0.15) is 12.8 Å². The molecule has 1 N–H and O–H groups in total. The summed E-state index contributed by atoms with van der Waals surface area (Å²) in [5, 5.41) is 3.11. The van der Waals surface area contributed by atoms with Gasteiger partial charge in [0.2, 0.25) is 5.91 Å². The summed E-state index contributed by atoms with van der Waals surface area (Å²) in [6, 6.07) is 1.91. The van der Waals surface area contributed by atoms with E-state index < -0.39 is 0 Å². The van der Waals surface area contributed by atoms with E-state index in [-0.39, 0.29) is 23.8 Å². The van der Waals surface area contributed by atoms with Gasteiger partial charge in [-0.3, -0.25) is 4.79 Å². The normalized spacial score (nSPS) is 29.8. The van der Waals surface area contributed by atoms with Gasteiger partial charge in [0.25, 0.3) is 0 Å². The number of carbonyl (C=O) groups excluding carboxylic acids is 1. The van der Waals surface area contributed by atoms with Gasteiger partial charge in [0.15, 0.2) is 0 Å². The third-order valence-electron chi connectivity index (χ3n) is 5.47. The first-order chi connectivity index (χ1) is 11.8. The quantitative estimate of drug-likeness (QED) is 0.828. The summed E-state index contributed by atoms with van der Waals surface area (Å²) in [4.78, 5) is 25.4. The Morgan fingerprint density at radius 3 is 3.00 bits per heavy atom. The van der Waals surface area contributed by atoms with E-state index in [1.807, 2.05) is 6.07 Å². The van der Waals surface area contributed by atoms with Crippen LogP contribution in [0, 0.1) is 11.8 Å². The highest BCUT2D eigenvalue weighted by atomic mass is 16.5. The molecule has 0 saturated carbocycles. The van der Waals surface area contributed by atoms with Gasteiger partial charge in [-0.15, -0.1) is 0 Å². The second-order valence-electron chi connectivity index (χ2n) is 6.95. The Kier molecular flexibility index (Phi) is 4.62. The molecule has 3 fully saturated rings. The Morgan fingerprint density at radius 2 is 2.21 bits per heavy atom. The molecular formula is C17H25N5O2. The molecule has 0 radical (unpaired) electrons. The van der Waals surface area contributed by atoms with Gasteiger partial charge >= 0.3 is 0 Å². The number of nitrogens with one attached hydrogen (secondary N) is 1. The first kappa shape index (κ1) is 15.8. The summed E-state index contributed by atoms with van der Waals surface area (Å²) in [6.45, 7) is 6.21. The Morgan fingerprint density at radius 1 is 1.33 bits per heavy atom. The van der Waals surface area contributed by atoms with Crippen molar-refractivity contribution >= 4 is 11.7 Å². The van der Waals surface area contributed by atoms with E-state index in [9.17, 15) is 4.79 Å². The Bertz CT molecular complexity index is 563. The van der Waals surface area contributed by atoms with E-state index in [4.69, 9.17) is 4.74 Å². The van der Waals surface area contributed by atoms with Crippen LogP contribution in [0.4, 0.5) is 5.82 Å². The molecular weight excluding hydrogens is 306 g/mol. The van der Waals surface area contributed by atoms with Crippen molar-refractivity contribution in [2.24, 2.45) is 11.8 Å². The largest absolute Gasteiger partial charge is 0.375 e. The second-order valence-corrected chi connectivity index (χ2v) is 6.95. The first-order valence-electron chi connectivity index (χ1n) is 8.94. The standard InChI is InChI=1S/C17H25N5O2/c23-17(19-5-8-21-6-1-2-7-21)14-11-24-15-10-22(9-13(14)15)16-3-4-18-12-20-16/h3-4,12-15H,1-2,5-11H2,(H,19,23)/t13-,14+,15-/m0/s1. The lowest BCUT2D eigenvalue weighted by Crippen LogP contribution is -2.40. The van der Waals surface area contributed by atoms with Crippen LogP contribution in [0.15, 0.2) is 18.6 Å². The molecule has 130 valence electrons. The van der Waals surface area contributed by atoms with Crippen molar-refractivity contribution < 1.29 is 9.53 Å². The monoisotopic (exact) mass is 331 g/mol. The average Bonchev–Trinajstić information content (AvgIpc) is 3.32. The fraction of sp³-hybridized carbons (Fsp3) is 0.706. The number of rotatable bonds is 5. The molecule has 3 aliphatic rings. The summed E-state index contributed by atoms with van der Waals surface area (Å²) in [5.74, 6) is 1.27. The van der Waals surface area contributed by atoms with E-state index in [0.29, 0.717) is 6.61 Å². The molecule has 0 aliphatic carbocycles. The summed E-state index contributed by atoms with van der Waals surface area (Å²) in [7, 11) is 0. The Balaban J connectivity index is 1.29. The average molecular weight is 331 g/mol. The van der Waals surface area contributed by atoms with E-state index in [1.165, 1.54) is 25.9 Å². The van der Waals surface area contributed by atoms with Crippen molar-refractivity contribution in [2.45, 2.75) is 18.9 Å². The lowest BCUT2D eigenvalue weighted by molar-refractivity contribution is -0.125. The van der Waals surface area contributed by atoms with Gasteiger partial charge in [0.05, 0.1) is 18.6 Å². The highest BCUT2D eigenvalue weighted by molar-refractivity contribution is 5.79. The number of aromatic nitrogens is 2. The van der Waals surface area contributed by atoms with Gasteiger partial charge in [0, 0.05) is 38.3 Å². The zero-order chi connectivity index (χ0) is 16.4. The fourth-order valence-electron chi connectivity index (χ4n) is 4.12. The molecule has 1 aromatic rings. The van der Waals surface area contributed by atoms with E-state index in [1.54, 1.807) is 12.5 Å². The van der Waals surface area contributed by atoms with Crippen LogP contribution >= 0.6 is 0 Å². The topological polar surface area (TPSA) is 70.6 Å². The predicted molar refractivity (Wildman–Crippen MR) is 89.6 cm³/mol. The van der Waals surface area contributed by atoms with E-state index in [0.717, 1.165) is 32.0 Å². The number of hydrogen-bond donors (Lipinski definition) is 1. The number of anilines is 1. The number of amides is 1. The van der Waals surface area contributed by atoms with Gasteiger partial charge < -0.3 is 19.9 Å². The molecule has 7 heteroatoms. The number of fused-ring (bicyclic) bond motifs is 1. The second kappa shape index (κ2) is 7.03. The molecule has 0 bridgehead atoms. The Hall–Kier alpha value is -1.73. The number of hydrogen-bond acceptors (Lipinski definition) is 6. The smallest absolute Gasteiger partial charge is 0.225 e. The van der Waals surface area contributed by atoms with Crippen molar-refractivity contribution in [1.82, 2.24) is 20.2 Å². The minimum Gasteiger partial charge on any atom is -0.375 e. The van der Waals surface area contributed by atoms with Crippen LogP contribution in [0.2, 0.25) is 0 Å². The molecule has 3 atom stereocenters. The molecule has 7 nitrogen and oxygen atoms in total. The van der Waals surface area contributed by atoms with Crippen molar-refractivity contribution in [3.8, 4) is 0 Å². The highest BCUT2D eigenvalue weighted by Gasteiger charge is 2.47. The molecule has 3 aliphatic heterocycles. The SMILES string of the molecule is O=C(NCCN1CCCC1)[C@@H]1CO[C@H]2CN(c3ccncn3)C[C@H]21. The first-order valence-corrected chi connectivity index (χ1v) is 8.94. The number of ether oxygens (including phenoxy) is 1. The van der Waals surface area contributed by atoms with Crippen LogP contribution < -0.4 is 10.2 Å². The highest BCUT2D eigenvalue weighted by Crippen LogP contribution is 2.35. The minimum atomic E-state index is -0.0413. The third-order valence-corrected chi connectivity index (χ3v) is 5.47. The van der Waals surface area contributed by atoms with Gasteiger partial charge in [-0.1, -0.05) is 0 Å². The third kappa shape index (κ3) is 3.23. The van der Waals surface area contributed by atoms with E-state index >= 15 is 0 Å². The summed E-state index contributed by atoms with van der Waals surface area (Å²) < 4.78 is 5.89. The van der Waals surface area contributed by atoms with Crippen LogP contribution in [0.5, 0.6) is 0 Å². The summed E-state index contributed by atoms with van der Waals surface area (Å²) in [6.07, 6.45) is 6.02. The minimum absolute atomic E-state index is 0.0413. The van der Waals surface area contributed by atoms with Crippen molar-refractivity contribution in [3.05, 3.63) is 18.6 Å². The molecule has 0 unspecified atom stereocenters. The molecule has 24 heavy (non-hydrogen) atoms.